The molecule has 3 aromatic heterocycles. The van der Waals surface area contributed by atoms with Crippen molar-refractivity contribution in [3.8, 4) is 5.69 Å². The van der Waals surface area contributed by atoms with Crippen molar-refractivity contribution in [2.24, 2.45) is 0 Å². The first-order valence-corrected chi connectivity index (χ1v) is 11.8. The zero-order valence-electron chi connectivity index (χ0n) is 17.3. The number of hydrogen-bond donors (Lipinski definition) is 3. The highest BCUT2D eigenvalue weighted by Gasteiger charge is 2.16. The van der Waals surface area contributed by atoms with E-state index in [1.165, 1.54) is 29.6 Å². The maximum atomic E-state index is 12.3. The Morgan fingerprint density at radius 1 is 1.09 bits per heavy atom. The Kier molecular flexibility index (Phi) is 7.37. The summed E-state index contributed by atoms with van der Waals surface area (Å²) in [6, 6.07) is 16.4. The molecule has 1 amide bonds. The fraction of sp³-hybridized carbons (Fsp3) is 0.143. The fourth-order valence-electron chi connectivity index (χ4n) is 2.85. The predicted molar refractivity (Wildman–Crippen MR) is 127 cm³/mol. The molecule has 33 heavy (non-hydrogen) atoms. The number of aromatic amines is 1. The minimum atomic E-state index is -0.317. The molecule has 0 bridgehead atoms. The Labute approximate surface area is 197 Å². The van der Waals surface area contributed by atoms with Gasteiger partial charge in [0.05, 0.1) is 23.7 Å². The standard InChI is InChI=1S/C21H20N8O2S2/c22-16-10-18(30)26-20(25-16)32-12-17-27-28-21(29(17)15-7-2-1-3-8-15)33-13-19(31)24-11-14-6-4-5-9-23-14/h1-10H,11-13H2,(H,24,31)(H3,22,25,26,30). The zero-order chi connectivity index (χ0) is 23.0. The predicted octanol–water partition coefficient (Wildman–Crippen LogP) is 2.03. The number of para-hydroxylation sites is 1. The van der Waals surface area contributed by atoms with Crippen LogP contribution in [0.4, 0.5) is 5.82 Å². The Morgan fingerprint density at radius 2 is 1.91 bits per heavy atom. The molecule has 0 saturated heterocycles. The van der Waals surface area contributed by atoms with Crippen LogP contribution < -0.4 is 16.6 Å². The van der Waals surface area contributed by atoms with E-state index in [0.29, 0.717) is 28.4 Å². The van der Waals surface area contributed by atoms with Gasteiger partial charge in [0, 0.05) is 18.0 Å². The number of nitrogens with one attached hydrogen (secondary N) is 2. The van der Waals surface area contributed by atoms with E-state index < -0.39 is 0 Å². The van der Waals surface area contributed by atoms with Gasteiger partial charge in [-0.05, 0) is 24.3 Å². The van der Waals surface area contributed by atoms with Crippen molar-refractivity contribution >= 4 is 35.2 Å². The summed E-state index contributed by atoms with van der Waals surface area (Å²) in [5, 5.41) is 12.4. The molecule has 0 fully saturated rings. The van der Waals surface area contributed by atoms with Crippen LogP contribution in [0.3, 0.4) is 0 Å². The monoisotopic (exact) mass is 480 g/mol. The van der Waals surface area contributed by atoms with E-state index in [1.54, 1.807) is 6.20 Å². The topological polar surface area (TPSA) is 144 Å². The molecule has 0 aliphatic heterocycles. The van der Waals surface area contributed by atoms with Crippen molar-refractivity contribution in [1.29, 1.82) is 0 Å². The zero-order valence-corrected chi connectivity index (χ0v) is 19.0. The molecule has 0 atom stereocenters. The average Bonchev–Trinajstić information content (AvgIpc) is 3.23. The summed E-state index contributed by atoms with van der Waals surface area (Å²) in [6.45, 7) is 0.360. The number of hydrogen-bond acceptors (Lipinski definition) is 9. The fourth-order valence-corrected chi connectivity index (χ4v) is 4.45. The van der Waals surface area contributed by atoms with Crippen LogP contribution in [0.1, 0.15) is 11.5 Å². The molecule has 4 rings (SSSR count). The number of anilines is 1. The van der Waals surface area contributed by atoms with Crippen molar-refractivity contribution in [2.75, 3.05) is 11.5 Å². The van der Waals surface area contributed by atoms with Crippen LogP contribution in [0, 0.1) is 0 Å². The molecule has 0 saturated carbocycles. The summed E-state index contributed by atoms with van der Waals surface area (Å²) in [5.41, 5.74) is 7.00. The Bertz CT molecular complexity index is 1280. The number of aromatic nitrogens is 6. The van der Waals surface area contributed by atoms with Gasteiger partial charge in [0.1, 0.15) is 11.6 Å². The van der Waals surface area contributed by atoms with Gasteiger partial charge in [-0.25, -0.2) is 4.98 Å². The number of rotatable bonds is 9. The van der Waals surface area contributed by atoms with Crippen LogP contribution in [-0.2, 0) is 17.1 Å². The van der Waals surface area contributed by atoms with Gasteiger partial charge in [-0.3, -0.25) is 19.1 Å². The Balaban J connectivity index is 1.46. The molecule has 1 aromatic carbocycles. The average molecular weight is 481 g/mol. The summed E-state index contributed by atoms with van der Waals surface area (Å²) in [4.78, 5) is 35.0. The first-order valence-electron chi connectivity index (χ1n) is 9.87. The second kappa shape index (κ2) is 10.8. The normalized spacial score (nSPS) is 10.8. The Hall–Kier alpha value is -3.64. The van der Waals surface area contributed by atoms with Crippen molar-refractivity contribution in [3.05, 3.63) is 82.7 Å². The molecule has 0 spiro atoms. The second-order valence-corrected chi connectivity index (χ2v) is 8.63. The summed E-state index contributed by atoms with van der Waals surface area (Å²) in [6.07, 6.45) is 1.69. The van der Waals surface area contributed by atoms with Gasteiger partial charge in [-0.1, -0.05) is 47.8 Å². The lowest BCUT2D eigenvalue weighted by Crippen LogP contribution is -2.25. The molecular weight excluding hydrogens is 460 g/mol. The lowest BCUT2D eigenvalue weighted by atomic mass is 10.3. The van der Waals surface area contributed by atoms with Crippen LogP contribution in [0.15, 0.2) is 75.9 Å². The summed E-state index contributed by atoms with van der Waals surface area (Å²) >= 11 is 2.58. The van der Waals surface area contributed by atoms with Crippen LogP contribution in [0.2, 0.25) is 0 Å². The number of amides is 1. The molecule has 168 valence electrons. The third kappa shape index (κ3) is 6.20. The molecule has 0 radical (unpaired) electrons. The molecule has 0 unspecified atom stereocenters. The molecular formula is C21H20N8O2S2. The summed E-state index contributed by atoms with van der Waals surface area (Å²) < 4.78 is 1.88. The Morgan fingerprint density at radius 3 is 2.67 bits per heavy atom. The largest absolute Gasteiger partial charge is 0.383 e. The van der Waals surface area contributed by atoms with E-state index in [2.05, 4.69) is 30.5 Å². The number of carbonyl (C=O) groups is 1. The van der Waals surface area contributed by atoms with E-state index in [9.17, 15) is 9.59 Å². The summed E-state index contributed by atoms with van der Waals surface area (Å²) in [7, 11) is 0. The van der Waals surface area contributed by atoms with E-state index in [-0.39, 0.29) is 23.0 Å². The molecule has 0 aliphatic rings. The lowest BCUT2D eigenvalue weighted by Gasteiger charge is -2.10. The van der Waals surface area contributed by atoms with E-state index in [4.69, 9.17) is 5.73 Å². The van der Waals surface area contributed by atoms with Gasteiger partial charge in [-0.15, -0.1) is 10.2 Å². The molecule has 3 heterocycles. The van der Waals surface area contributed by atoms with Gasteiger partial charge < -0.3 is 16.0 Å². The highest BCUT2D eigenvalue weighted by molar-refractivity contribution is 7.99. The van der Waals surface area contributed by atoms with Gasteiger partial charge in [0.25, 0.3) is 5.56 Å². The number of pyridine rings is 1. The minimum absolute atomic E-state index is 0.134. The van der Waals surface area contributed by atoms with Gasteiger partial charge in [-0.2, -0.15) is 0 Å². The number of benzene rings is 1. The number of nitrogen functional groups attached to an aromatic ring is 1. The van der Waals surface area contributed by atoms with Crippen LogP contribution in [0.5, 0.6) is 0 Å². The number of thioether (sulfide) groups is 2. The third-order valence-corrected chi connectivity index (χ3v) is 6.12. The smallest absolute Gasteiger partial charge is 0.253 e. The minimum Gasteiger partial charge on any atom is -0.383 e. The molecule has 0 aliphatic carbocycles. The number of nitrogens with zero attached hydrogens (tertiary/aromatic N) is 5. The maximum absolute atomic E-state index is 12.3. The highest BCUT2D eigenvalue weighted by atomic mass is 32.2. The third-order valence-electron chi connectivity index (χ3n) is 4.32. The van der Waals surface area contributed by atoms with Crippen molar-refractivity contribution in [3.63, 3.8) is 0 Å². The number of nitrogens with two attached hydrogens (primary N) is 1. The van der Waals surface area contributed by atoms with Crippen LogP contribution in [-0.4, -0.2) is 41.4 Å². The molecule has 10 nitrogen and oxygen atoms in total. The summed E-state index contributed by atoms with van der Waals surface area (Å²) in [5.74, 6) is 1.23. The highest BCUT2D eigenvalue weighted by Crippen LogP contribution is 2.25. The molecule has 4 N–H and O–H groups in total. The molecule has 4 aromatic rings. The quantitative estimate of drug-likeness (QED) is 0.242. The van der Waals surface area contributed by atoms with Gasteiger partial charge in [0.15, 0.2) is 10.3 Å². The van der Waals surface area contributed by atoms with E-state index in [0.717, 1.165) is 11.4 Å². The van der Waals surface area contributed by atoms with Crippen molar-refractivity contribution in [1.82, 2.24) is 35.0 Å². The van der Waals surface area contributed by atoms with Crippen LogP contribution >= 0.6 is 23.5 Å². The van der Waals surface area contributed by atoms with E-state index >= 15 is 0 Å². The number of H-pyrrole nitrogens is 1. The van der Waals surface area contributed by atoms with Crippen molar-refractivity contribution < 1.29 is 4.79 Å². The van der Waals surface area contributed by atoms with Gasteiger partial charge >= 0.3 is 0 Å². The van der Waals surface area contributed by atoms with E-state index in [1.807, 2.05) is 53.1 Å². The lowest BCUT2D eigenvalue weighted by molar-refractivity contribution is -0.118. The van der Waals surface area contributed by atoms with Gasteiger partial charge in [0.2, 0.25) is 5.91 Å². The SMILES string of the molecule is Nc1cc(=O)[nH]c(SCc2nnc(SCC(=O)NCc3ccccn3)n2-c2ccccc2)n1. The second-order valence-electron chi connectivity index (χ2n) is 6.72. The first kappa shape index (κ1) is 22.6. The van der Waals surface area contributed by atoms with Crippen LogP contribution in [0.25, 0.3) is 5.69 Å². The van der Waals surface area contributed by atoms with Crippen molar-refractivity contribution in [2.45, 2.75) is 22.6 Å². The molecule has 12 heteroatoms. The number of carbonyl (C=O) groups excluding carboxylic acids is 1. The first-order chi connectivity index (χ1) is 16.1. The maximum Gasteiger partial charge on any atom is 0.253 e.